The van der Waals surface area contributed by atoms with E-state index in [2.05, 4.69) is 0 Å². The molecular weight excluding hydrogens is 77.0 g/mol. The molecule has 0 rings (SSSR count). The first kappa shape index (κ1) is 4.02. The van der Waals surface area contributed by atoms with Gasteiger partial charge in [-0.2, -0.15) is 0 Å². The lowest BCUT2D eigenvalue weighted by molar-refractivity contribution is 0.503. The van der Waals surface area contributed by atoms with Gasteiger partial charge in [-0.3, -0.25) is 0 Å². The Morgan fingerprint density at radius 2 is 2.00 bits per heavy atom. The lowest BCUT2D eigenvalue weighted by Crippen LogP contribution is -1.44. The van der Waals surface area contributed by atoms with Crippen molar-refractivity contribution in [2.24, 2.45) is 0 Å². The molecule has 4 heavy (non-hydrogen) atoms. The maximum absolute atomic E-state index is 8.81. The van der Waals surface area contributed by atoms with E-state index in [1.165, 1.54) is 0 Å². The summed E-state index contributed by atoms with van der Waals surface area (Å²) in [5, 5.41) is 0. The third-order valence-corrected chi connectivity index (χ3v) is 0. The third kappa shape index (κ3) is 5250. The third-order valence-electron chi connectivity index (χ3n) is 0. The largest absolute Gasteiger partial charge is 0.307 e. The fraction of sp³-hybridized carbons (Fsp3) is 0. The van der Waals surface area contributed by atoms with Crippen molar-refractivity contribution in [1.29, 1.82) is 0 Å². The first-order valence-electron chi connectivity index (χ1n) is 0.606. The standard InChI is InChI=1S/H2NO2P/c1-4(2)3/h1H,(H,2,3). The molecule has 0 aliphatic heterocycles. The molecule has 1 atom stereocenters. The van der Waals surface area contributed by atoms with E-state index in [-0.39, 0.29) is 0 Å². The van der Waals surface area contributed by atoms with Gasteiger partial charge in [0.15, 0.2) is 0 Å². The lowest BCUT2D eigenvalue weighted by atomic mass is 13.9. The first-order valence-corrected chi connectivity index (χ1v) is 1.82. The summed E-state index contributed by atoms with van der Waals surface area (Å²) >= 11 is 0. The van der Waals surface area contributed by atoms with Gasteiger partial charge in [0, 0.05) is 0 Å². The summed E-state index contributed by atoms with van der Waals surface area (Å²) in [5.41, 5.74) is 5.65. The molecule has 24 valence electrons. The SMILES string of the molecule is [NH][P](=O)O. The normalized spacial score (nSPS) is 11.0. The van der Waals surface area contributed by atoms with Crippen LogP contribution in [0.1, 0.15) is 0 Å². The molecule has 0 aromatic rings. The van der Waals surface area contributed by atoms with Gasteiger partial charge >= 0.3 is 8.18 Å². The molecule has 0 saturated heterocycles. The van der Waals surface area contributed by atoms with E-state index in [1.54, 1.807) is 0 Å². The van der Waals surface area contributed by atoms with Gasteiger partial charge in [0.05, 0.1) is 0 Å². The summed E-state index contributed by atoms with van der Waals surface area (Å²) in [6.45, 7) is 0. The van der Waals surface area contributed by atoms with E-state index in [0.717, 1.165) is 0 Å². The van der Waals surface area contributed by atoms with Crippen LogP contribution in [-0.4, -0.2) is 4.89 Å². The molecule has 0 amide bonds. The van der Waals surface area contributed by atoms with E-state index in [1.807, 2.05) is 0 Å². The molecule has 2 radical (unpaired) electrons. The van der Waals surface area contributed by atoms with Crippen LogP contribution in [0.5, 0.6) is 0 Å². The second kappa shape index (κ2) is 1.35. The van der Waals surface area contributed by atoms with Gasteiger partial charge in [0.1, 0.15) is 0 Å². The Kier molecular flexibility index (Phi) is 1.36. The number of rotatable bonds is 0. The van der Waals surface area contributed by atoms with Crippen LogP contribution in [0.4, 0.5) is 0 Å². The van der Waals surface area contributed by atoms with Crippen molar-refractivity contribution in [3.8, 4) is 0 Å². The van der Waals surface area contributed by atoms with Gasteiger partial charge in [-0.1, -0.05) is 0 Å². The molecule has 0 spiro atoms. The Bertz CT molecular complexity index is 29.0. The van der Waals surface area contributed by atoms with Crippen molar-refractivity contribution in [3.63, 3.8) is 0 Å². The smallest absolute Gasteiger partial charge is 0.307 e. The van der Waals surface area contributed by atoms with Crippen molar-refractivity contribution in [3.05, 3.63) is 0 Å². The van der Waals surface area contributed by atoms with Gasteiger partial charge in [-0.15, -0.1) is 5.50 Å². The van der Waals surface area contributed by atoms with Crippen molar-refractivity contribution < 1.29 is 9.46 Å². The molecule has 2 N–H and O–H groups in total. The highest BCUT2D eigenvalue weighted by Gasteiger charge is 1.64. The number of nitrogens with one attached hydrogen (secondary N) is 1. The van der Waals surface area contributed by atoms with Crippen LogP contribution in [0, 0.1) is 0 Å². The first-order chi connectivity index (χ1) is 1.73. The van der Waals surface area contributed by atoms with Gasteiger partial charge in [-0.25, -0.2) is 4.57 Å². The monoisotopic (exact) mass is 79.0 g/mol. The Morgan fingerprint density at radius 3 is 2.00 bits per heavy atom. The fourth-order valence-corrected chi connectivity index (χ4v) is 0. The summed E-state index contributed by atoms with van der Waals surface area (Å²) < 4.78 is 8.81. The minimum absolute atomic E-state index is 2.62. The Balaban J connectivity index is 2.80. The second-order valence-corrected chi connectivity index (χ2v) is 0.819. The van der Waals surface area contributed by atoms with Crippen LogP contribution in [0.15, 0.2) is 0 Å². The molecule has 0 aliphatic carbocycles. The predicted molar refractivity (Wildman–Crippen MR) is 12.9 cm³/mol. The Hall–Kier alpha value is 0.0200. The zero-order valence-electron chi connectivity index (χ0n) is 1.80. The summed E-state index contributed by atoms with van der Waals surface area (Å²) in [5.74, 6) is 0. The summed E-state index contributed by atoms with van der Waals surface area (Å²) in [6.07, 6.45) is 0. The fourth-order valence-electron chi connectivity index (χ4n) is 0. The number of hydrogen-bond acceptors (Lipinski definition) is 1. The molecule has 0 heterocycles. The van der Waals surface area contributed by atoms with Crippen LogP contribution in [0.25, 0.3) is 0 Å². The zero-order chi connectivity index (χ0) is 3.58. The lowest BCUT2D eigenvalue weighted by Gasteiger charge is -1.57. The van der Waals surface area contributed by atoms with Crippen LogP contribution in [-0.2, 0) is 4.57 Å². The van der Waals surface area contributed by atoms with Crippen molar-refractivity contribution in [2.45, 2.75) is 0 Å². The predicted octanol–water partition coefficient (Wildman–Crippen LogP) is -0.0810. The Morgan fingerprint density at radius 1 is 2.00 bits per heavy atom. The van der Waals surface area contributed by atoms with Gasteiger partial charge in [0.25, 0.3) is 0 Å². The second-order valence-electron chi connectivity index (χ2n) is 0.273. The highest BCUT2D eigenvalue weighted by atomic mass is 31.1. The van der Waals surface area contributed by atoms with E-state index >= 15 is 0 Å². The molecule has 4 heteroatoms. The maximum Gasteiger partial charge on any atom is 0.307 e. The van der Waals surface area contributed by atoms with Crippen LogP contribution < -0.4 is 5.50 Å². The zero-order valence-corrected chi connectivity index (χ0v) is 2.70. The van der Waals surface area contributed by atoms with Gasteiger partial charge in [0.2, 0.25) is 0 Å². The molecule has 3 nitrogen and oxygen atoms in total. The van der Waals surface area contributed by atoms with Crippen molar-refractivity contribution in [2.75, 3.05) is 0 Å². The molecule has 1 unspecified atom stereocenters. The number of hydrogen-bond donors (Lipinski definition) is 1. The van der Waals surface area contributed by atoms with Crippen LogP contribution in [0.3, 0.4) is 0 Å². The van der Waals surface area contributed by atoms with E-state index in [0.29, 0.717) is 0 Å². The summed E-state index contributed by atoms with van der Waals surface area (Å²) in [7, 11) is -2.62. The van der Waals surface area contributed by atoms with E-state index < -0.39 is 8.18 Å². The van der Waals surface area contributed by atoms with Crippen LogP contribution in [0.2, 0.25) is 0 Å². The summed E-state index contributed by atoms with van der Waals surface area (Å²) in [4.78, 5) is 7.23. The minimum atomic E-state index is -2.62. The molecule has 0 fully saturated rings. The molecule has 0 bridgehead atoms. The highest BCUT2D eigenvalue weighted by Crippen LogP contribution is 1.96. The van der Waals surface area contributed by atoms with E-state index in [4.69, 9.17) is 15.0 Å². The average Bonchev–Trinajstić information content (AvgIpc) is 0.811. The molecular formula is H2NO2P. The van der Waals surface area contributed by atoms with Gasteiger partial charge < -0.3 is 4.89 Å². The van der Waals surface area contributed by atoms with Crippen LogP contribution >= 0.6 is 8.18 Å². The summed E-state index contributed by atoms with van der Waals surface area (Å²) in [6, 6.07) is 0. The van der Waals surface area contributed by atoms with Gasteiger partial charge in [-0.05, 0) is 0 Å². The molecule has 0 aromatic heterocycles. The highest BCUT2D eigenvalue weighted by molar-refractivity contribution is 7.34. The van der Waals surface area contributed by atoms with E-state index in [9.17, 15) is 0 Å². The molecule has 0 aliphatic rings. The Labute approximate surface area is 24.4 Å². The minimum Gasteiger partial charge on any atom is -0.307 e. The molecule has 0 saturated carbocycles. The van der Waals surface area contributed by atoms with Crippen molar-refractivity contribution >= 4 is 8.18 Å². The average molecular weight is 79.0 g/mol. The quantitative estimate of drug-likeness (QED) is 0.413. The van der Waals surface area contributed by atoms with Crippen molar-refractivity contribution in [1.82, 2.24) is 5.50 Å². The molecule has 0 aromatic carbocycles. The topological polar surface area (TPSA) is 61.1 Å². The maximum atomic E-state index is 8.81.